The highest BCUT2D eigenvalue weighted by molar-refractivity contribution is 5.64. The summed E-state index contributed by atoms with van der Waals surface area (Å²) >= 11 is 0. The van der Waals surface area contributed by atoms with Gasteiger partial charge < -0.3 is 10.0 Å². The van der Waals surface area contributed by atoms with E-state index in [2.05, 4.69) is 0 Å². The second kappa shape index (κ2) is 3.56. The second-order valence-electron chi connectivity index (χ2n) is 4.39. The number of piperidine rings is 1. The Morgan fingerprint density at radius 1 is 1.15 bits per heavy atom. The number of likely N-dealkylation sites (tertiary alicyclic amines) is 1. The number of carbonyl (C=O) groups is 1. The first-order valence-electron chi connectivity index (χ1n) is 5.23. The largest absolute Gasteiger partial charge is 0.465 e. The molecular weight excluding hydrogens is 166 g/mol. The highest BCUT2D eigenvalue weighted by Gasteiger charge is 2.28. The molecule has 0 radical (unpaired) electrons. The molecule has 1 amide bonds. The van der Waals surface area contributed by atoms with Crippen molar-refractivity contribution in [2.24, 2.45) is 11.8 Å². The molecule has 0 aromatic heterocycles. The lowest BCUT2D eigenvalue weighted by atomic mass is 9.92. The summed E-state index contributed by atoms with van der Waals surface area (Å²) in [6, 6.07) is 0. The Balaban J connectivity index is 1.71. The van der Waals surface area contributed by atoms with Gasteiger partial charge in [-0.25, -0.2) is 4.79 Å². The summed E-state index contributed by atoms with van der Waals surface area (Å²) in [6.45, 7) is 1.51. The van der Waals surface area contributed by atoms with Crippen LogP contribution in [0.5, 0.6) is 0 Å². The van der Waals surface area contributed by atoms with E-state index < -0.39 is 6.09 Å². The maximum Gasteiger partial charge on any atom is 0.407 e. The molecule has 1 heterocycles. The van der Waals surface area contributed by atoms with Crippen molar-refractivity contribution in [3.63, 3.8) is 0 Å². The van der Waals surface area contributed by atoms with Gasteiger partial charge in [-0.1, -0.05) is 12.8 Å². The van der Waals surface area contributed by atoms with Crippen LogP contribution in [-0.4, -0.2) is 29.2 Å². The van der Waals surface area contributed by atoms with Gasteiger partial charge >= 0.3 is 6.09 Å². The van der Waals surface area contributed by atoms with Crippen LogP contribution in [0.25, 0.3) is 0 Å². The molecule has 2 fully saturated rings. The fourth-order valence-electron chi connectivity index (χ4n) is 2.18. The number of hydrogen-bond donors (Lipinski definition) is 1. The van der Waals surface area contributed by atoms with Crippen LogP contribution in [0.15, 0.2) is 0 Å². The van der Waals surface area contributed by atoms with Crippen molar-refractivity contribution >= 4 is 6.09 Å². The third kappa shape index (κ3) is 2.36. The molecule has 74 valence electrons. The monoisotopic (exact) mass is 183 g/mol. The van der Waals surface area contributed by atoms with Gasteiger partial charge in [-0.15, -0.1) is 0 Å². The van der Waals surface area contributed by atoms with E-state index in [-0.39, 0.29) is 0 Å². The van der Waals surface area contributed by atoms with E-state index in [9.17, 15) is 4.79 Å². The third-order valence-electron chi connectivity index (χ3n) is 3.25. The van der Waals surface area contributed by atoms with Gasteiger partial charge in [-0.3, -0.25) is 0 Å². The zero-order valence-corrected chi connectivity index (χ0v) is 7.91. The maximum atomic E-state index is 10.6. The minimum Gasteiger partial charge on any atom is -0.465 e. The quantitative estimate of drug-likeness (QED) is 0.712. The molecule has 0 bridgehead atoms. The number of rotatable bonds is 2. The normalized spacial score (nSPS) is 24.8. The van der Waals surface area contributed by atoms with Crippen LogP contribution in [0.1, 0.15) is 32.1 Å². The molecule has 1 N–H and O–H groups in total. The predicted octanol–water partition coefficient (Wildman–Crippen LogP) is 2.18. The van der Waals surface area contributed by atoms with Crippen molar-refractivity contribution in [2.45, 2.75) is 32.1 Å². The minimum absolute atomic E-state index is 0.745. The van der Waals surface area contributed by atoms with E-state index >= 15 is 0 Å². The average molecular weight is 183 g/mol. The molecule has 1 saturated carbocycles. The Morgan fingerprint density at radius 2 is 1.69 bits per heavy atom. The van der Waals surface area contributed by atoms with Crippen molar-refractivity contribution in [2.75, 3.05) is 13.1 Å². The summed E-state index contributed by atoms with van der Waals surface area (Å²) < 4.78 is 0. The average Bonchev–Trinajstić information content (AvgIpc) is 2.89. The number of nitrogens with zero attached hydrogens (tertiary/aromatic N) is 1. The molecule has 3 nitrogen and oxygen atoms in total. The molecule has 2 rings (SSSR count). The molecule has 1 aliphatic heterocycles. The zero-order chi connectivity index (χ0) is 9.26. The molecule has 13 heavy (non-hydrogen) atoms. The van der Waals surface area contributed by atoms with Crippen LogP contribution >= 0.6 is 0 Å². The number of amides is 1. The Morgan fingerprint density at radius 3 is 2.15 bits per heavy atom. The van der Waals surface area contributed by atoms with Gasteiger partial charge in [0, 0.05) is 13.1 Å². The SMILES string of the molecule is O=C(O)N1CCC(CC2CC2)CC1. The van der Waals surface area contributed by atoms with Crippen molar-refractivity contribution in [3.8, 4) is 0 Å². The highest BCUT2D eigenvalue weighted by Crippen LogP contribution is 2.38. The Hall–Kier alpha value is -0.730. The van der Waals surface area contributed by atoms with E-state index in [1.54, 1.807) is 4.90 Å². The fraction of sp³-hybridized carbons (Fsp3) is 0.900. The summed E-state index contributed by atoms with van der Waals surface area (Å²) in [7, 11) is 0. The molecule has 3 heteroatoms. The molecule has 0 atom stereocenters. The van der Waals surface area contributed by atoms with Crippen LogP contribution in [-0.2, 0) is 0 Å². The van der Waals surface area contributed by atoms with E-state index in [1.165, 1.54) is 19.3 Å². The Labute approximate surface area is 78.7 Å². The molecule has 0 aromatic rings. The first-order valence-corrected chi connectivity index (χ1v) is 5.23. The van der Waals surface area contributed by atoms with Crippen molar-refractivity contribution in [3.05, 3.63) is 0 Å². The molecule has 0 aromatic carbocycles. The molecule has 0 spiro atoms. The summed E-state index contributed by atoms with van der Waals surface area (Å²) in [5, 5.41) is 8.74. The topological polar surface area (TPSA) is 40.5 Å². The molecule has 0 unspecified atom stereocenters. The molecule has 2 aliphatic rings. The first kappa shape index (κ1) is 8.85. The second-order valence-corrected chi connectivity index (χ2v) is 4.39. The fourth-order valence-corrected chi connectivity index (χ4v) is 2.18. The third-order valence-corrected chi connectivity index (χ3v) is 3.25. The lowest BCUT2D eigenvalue weighted by molar-refractivity contribution is 0.122. The maximum absolute atomic E-state index is 10.6. The standard InChI is InChI=1S/C10H17NO2/c12-10(13)11-5-3-9(4-6-11)7-8-1-2-8/h8-9H,1-7H2,(H,12,13). The van der Waals surface area contributed by atoms with Crippen molar-refractivity contribution in [1.29, 1.82) is 0 Å². The van der Waals surface area contributed by atoms with Crippen LogP contribution in [0.3, 0.4) is 0 Å². The van der Waals surface area contributed by atoms with Crippen molar-refractivity contribution < 1.29 is 9.90 Å². The first-order chi connectivity index (χ1) is 6.25. The number of hydrogen-bond acceptors (Lipinski definition) is 1. The highest BCUT2D eigenvalue weighted by atomic mass is 16.4. The van der Waals surface area contributed by atoms with Gasteiger partial charge in [0.25, 0.3) is 0 Å². The summed E-state index contributed by atoms with van der Waals surface area (Å²) in [6.07, 6.45) is 5.61. The summed E-state index contributed by atoms with van der Waals surface area (Å²) in [4.78, 5) is 12.2. The van der Waals surface area contributed by atoms with Crippen LogP contribution in [0.4, 0.5) is 4.79 Å². The molecule has 1 aliphatic carbocycles. The lowest BCUT2D eigenvalue weighted by Gasteiger charge is -2.29. The smallest absolute Gasteiger partial charge is 0.407 e. The Bertz CT molecular complexity index is 193. The van der Waals surface area contributed by atoms with Gasteiger partial charge in [-0.05, 0) is 31.1 Å². The van der Waals surface area contributed by atoms with Gasteiger partial charge in [-0.2, -0.15) is 0 Å². The van der Waals surface area contributed by atoms with Gasteiger partial charge in [0.15, 0.2) is 0 Å². The molecule has 1 saturated heterocycles. The Kier molecular flexibility index (Phi) is 2.42. The molecular formula is C10H17NO2. The van der Waals surface area contributed by atoms with E-state index in [1.807, 2.05) is 0 Å². The van der Waals surface area contributed by atoms with Gasteiger partial charge in [0.1, 0.15) is 0 Å². The summed E-state index contributed by atoms with van der Waals surface area (Å²) in [5.41, 5.74) is 0. The number of carboxylic acid groups (broad SMARTS) is 1. The van der Waals surface area contributed by atoms with Crippen LogP contribution < -0.4 is 0 Å². The zero-order valence-electron chi connectivity index (χ0n) is 7.91. The van der Waals surface area contributed by atoms with E-state index in [4.69, 9.17) is 5.11 Å². The van der Waals surface area contributed by atoms with E-state index in [0.29, 0.717) is 0 Å². The lowest BCUT2D eigenvalue weighted by Crippen LogP contribution is -2.37. The van der Waals surface area contributed by atoms with E-state index in [0.717, 1.165) is 37.8 Å². The van der Waals surface area contributed by atoms with Gasteiger partial charge in [0.05, 0.1) is 0 Å². The minimum atomic E-state index is -0.745. The van der Waals surface area contributed by atoms with Crippen molar-refractivity contribution in [1.82, 2.24) is 4.90 Å². The van der Waals surface area contributed by atoms with Crippen LogP contribution in [0, 0.1) is 11.8 Å². The van der Waals surface area contributed by atoms with Gasteiger partial charge in [0.2, 0.25) is 0 Å². The van der Waals surface area contributed by atoms with Crippen LogP contribution in [0.2, 0.25) is 0 Å². The predicted molar refractivity (Wildman–Crippen MR) is 49.7 cm³/mol. The summed E-state index contributed by atoms with van der Waals surface area (Å²) in [5.74, 6) is 1.80.